The highest BCUT2D eigenvalue weighted by atomic mass is 19.4. The van der Waals surface area contributed by atoms with E-state index >= 15 is 0 Å². The molecular weight excluding hydrogens is 370 g/mol. The minimum Gasteiger partial charge on any atom is -0.475 e. The Balaban J connectivity index is 2.61. The Kier molecular flexibility index (Phi) is 5.36. The van der Waals surface area contributed by atoms with Crippen molar-refractivity contribution >= 4 is 17.6 Å². The highest BCUT2D eigenvalue weighted by Crippen LogP contribution is 2.44. The molecular formula is C16H12F6O4. The maximum atomic E-state index is 13.4. The fourth-order valence-corrected chi connectivity index (χ4v) is 2.54. The number of allylic oxidation sites excluding steroid dienone is 1. The van der Waals surface area contributed by atoms with E-state index in [-0.39, 0.29) is 28.9 Å². The molecule has 142 valence electrons. The van der Waals surface area contributed by atoms with Crippen LogP contribution >= 0.6 is 0 Å². The van der Waals surface area contributed by atoms with Crippen molar-refractivity contribution in [1.29, 1.82) is 0 Å². The Hall–Kier alpha value is -2.49. The van der Waals surface area contributed by atoms with Gasteiger partial charge in [-0.3, -0.25) is 4.89 Å². The number of fused-ring (bicyclic) bond motifs is 1. The van der Waals surface area contributed by atoms with E-state index in [0.717, 1.165) is 0 Å². The van der Waals surface area contributed by atoms with Gasteiger partial charge in [0.25, 0.3) is 0 Å². The van der Waals surface area contributed by atoms with Gasteiger partial charge in [0.1, 0.15) is 5.75 Å². The molecule has 0 amide bonds. The lowest BCUT2D eigenvalue weighted by molar-refractivity contribution is -0.461. The Morgan fingerprint density at radius 1 is 1.27 bits per heavy atom. The topological polar surface area (TPSA) is 44.8 Å². The summed E-state index contributed by atoms with van der Waals surface area (Å²) >= 11 is 0. The van der Waals surface area contributed by atoms with Gasteiger partial charge in [-0.2, -0.15) is 13.2 Å². The molecule has 26 heavy (non-hydrogen) atoms. The number of hydrogen-bond acceptors (Lipinski definition) is 4. The smallest absolute Gasteiger partial charge is 0.475 e. The van der Waals surface area contributed by atoms with E-state index in [1.54, 1.807) is 0 Å². The zero-order chi connectivity index (χ0) is 19.7. The van der Waals surface area contributed by atoms with E-state index in [2.05, 4.69) is 16.4 Å². The van der Waals surface area contributed by atoms with E-state index < -0.39 is 30.2 Å². The molecule has 1 aliphatic heterocycles. The molecule has 1 aliphatic rings. The summed E-state index contributed by atoms with van der Waals surface area (Å²) in [6.07, 6.45) is -12.1. The average Bonchev–Trinajstić information content (AvgIpc) is 2.55. The standard InChI is InChI=1S/C16H12F6O4/c1-3-8-6-5-7-10-9(4-2)11(14(23)25-26-16(20,21)22)13(15(17,18)19)24-12(8)10/h3,5-7,13H,1,4H2,2H3. The molecule has 0 radical (unpaired) electrons. The Bertz CT molecular complexity index is 748. The quantitative estimate of drug-likeness (QED) is 0.426. The fourth-order valence-electron chi connectivity index (χ4n) is 2.54. The van der Waals surface area contributed by atoms with Crippen LogP contribution in [0, 0.1) is 0 Å². The Labute approximate surface area is 143 Å². The number of carbonyl (C=O) groups is 1. The van der Waals surface area contributed by atoms with Crippen LogP contribution in [-0.4, -0.2) is 24.6 Å². The summed E-state index contributed by atoms with van der Waals surface area (Å²) in [5.41, 5.74) is -0.892. The molecule has 0 bridgehead atoms. The van der Waals surface area contributed by atoms with Gasteiger partial charge < -0.3 is 4.74 Å². The minimum atomic E-state index is -5.36. The van der Waals surface area contributed by atoms with Crippen molar-refractivity contribution in [2.45, 2.75) is 32.0 Å². The number of alkyl halides is 6. The monoisotopic (exact) mass is 382 g/mol. The number of hydrogen-bond donors (Lipinski definition) is 0. The van der Waals surface area contributed by atoms with Crippen LogP contribution in [0.4, 0.5) is 26.3 Å². The molecule has 0 saturated heterocycles. The molecule has 0 aliphatic carbocycles. The molecule has 0 N–H and O–H groups in total. The van der Waals surface area contributed by atoms with Gasteiger partial charge in [-0.05, 0) is 12.0 Å². The summed E-state index contributed by atoms with van der Waals surface area (Å²) in [5, 5.41) is 0. The third-order valence-corrected chi connectivity index (χ3v) is 3.50. The third-order valence-electron chi connectivity index (χ3n) is 3.50. The fraction of sp³-hybridized carbons (Fsp3) is 0.312. The summed E-state index contributed by atoms with van der Waals surface area (Å²) in [6.45, 7) is 4.91. The van der Waals surface area contributed by atoms with Gasteiger partial charge in [0.2, 0.25) is 6.10 Å². The first-order valence-corrected chi connectivity index (χ1v) is 7.18. The van der Waals surface area contributed by atoms with Crippen molar-refractivity contribution in [3.05, 3.63) is 41.5 Å². The number of para-hydroxylation sites is 1. The first-order chi connectivity index (χ1) is 12.0. The Morgan fingerprint density at radius 3 is 2.42 bits per heavy atom. The molecule has 1 heterocycles. The number of ether oxygens (including phenoxy) is 1. The van der Waals surface area contributed by atoms with Crippen LogP contribution in [0.15, 0.2) is 30.4 Å². The molecule has 1 unspecified atom stereocenters. The lowest BCUT2D eigenvalue weighted by Gasteiger charge is -2.31. The second-order valence-corrected chi connectivity index (χ2v) is 5.11. The van der Waals surface area contributed by atoms with Crippen LogP contribution in [-0.2, 0) is 14.6 Å². The van der Waals surface area contributed by atoms with E-state index in [4.69, 9.17) is 4.74 Å². The van der Waals surface area contributed by atoms with E-state index in [9.17, 15) is 31.1 Å². The van der Waals surface area contributed by atoms with Gasteiger partial charge in [-0.25, -0.2) is 4.79 Å². The van der Waals surface area contributed by atoms with Crippen LogP contribution in [0.5, 0.6) is 5.75 Å². The summed E-state index contributed by atoms with van der Waals surface area (Å²) in [4.78, 5) is 18.4. The number of halogens is 6. The largest absolute Gasteiger partial charge is 0.558 e. The van der Waals surface area contributed by atoms with E-state index in [0.29, 0.717) is 0 Å². The lowest BCUT2D eigenvalue weighted by Crippen LogP contribution is -2.42. The molecule has 0 spiro atoms. The van der Waals surface area contributed by atoms with E-state index in [1.807, 2.05) is 0 Å². The molecule has 0 saturated carbocycles. The SMILES string of the molecule is C=Cc1cccc2c1OC(C(F)(F)F)C(C(=O)OOC(F)(F)F)=C2CC. The zero-order valence-corrected chi connectivity index (χ0v) is 13.2. The van der Waals surface area contributed by atoms with Crippen LogP contribution in [0.2, 0.25) is 0 Å². The van der Waals surface area contributed by atoms with Crippen LogP contribution in [0.3, 0.4) is 0 Å². The number of benzene rings is 1. The van der Waals surface area contributed by atoms with Crippen LogP contribution in [0.25, 0.3) is 11.6 Å². The van der Waals surface area contributed by atoms with Crippen LogP contribution < -0.4 is 4.74 Å². The van der Waals surface area contributed by atoms with Crippen molar-refractivity contribution < 1.29 is 45.6 Å². The average molecular weight is 382 g/mol. The number of carbonyl (C=O) groups excluding carboxylic acids is 1. The second-order valence-electron chi connectivity index (χ2n) is 5.11. The first kappa shape index (κ1) is 19.8. The Morgan fingerprint density at radius 2 is 1.92 bits per heavy atom. The van der Waals surface area contributed by atoms with Crippen molar-refractivity contribution in [2.75, 3.05) is 0 Å². The molecule has 4 nitrogen and oxygen atoms in total. The van der Waals surface area contributed by atoms with Gasteiger partial charge in [0.05, 0.1) is 5.57 Å². The van der Waals surface area contributed by atoms with Crippen molar-refractivity contribution in [1.82, 2.24) is 0 Å². The second kappa shape index (κ2) is 7.02. The minimum absolute atomic E-state index is 0.0972. The molecule has 0 fully saturated rings. The van der Waals surface area contributed by atoms with Crippen molar-refractivity contribution in [3.63, 3.8) is 0 Å². The predicted octanol–water partition coefficient (Wildman–Crippen LogP) is 4.81. The summed E-state index contributed by atoms with van der Waals surface area (Å²) in [7, 11) is 0. The van der Waals surface area contributed by atoms with Gasteiger partial charge >= 0.3 is 18.5 Å². The number of rotatable bonds is 4. The summed E-state index contributed by atoms with van der Waals surface area (Å²) in [6, 6.07) is 4.31. The summed E-state index contributed by atoms with van der Waals surface area (Å²) in [5.74, 6) is -2.11. The molecule has 0 aromatic heterocycles. The van der Waals surface area contributed by atoms with Gasteiger partial charge in [0, 0.05) is 11.1 Å². The molecule has 1 aromatic carbocycles. The highest BCUT2D eigenvalue weighted by Gasteiger charge is 2.51. The maximum absolute atomic E-state index is 13.4. The molecule has 2 rings (SSSR count). The van der Waals surface area contributed by atoms with Gasteiger partial charge in [-0.1, -0.05) is 42.7 Å². The third kappa shape index (κ3) is 4.01. The lowest BCUT2D eigenvalue weighted by atomic mass is 9.89. The van der Waals surface area contributed by atoms with Crippen molar-refractivity contribution in [2.24, 2.45) is 0 Å². The summed E-state index contributed by atoms with van der Waals surface area (Å²) < 4.78 is 81.3. The van der Waals surface area contributed by atoms with Crippen molar-refractivity contribution in [3.8, 4) is 5.75 Å². The zero-order valence-electron chi connectivity index (χ0n) is 13.2. The first-order valence-electron chi connectivity index (χ1n) is 7.18. The predicted molar refractivity (Wildman–Crippen MR) is 77.4 cm³/mol. The van der Waals surface area contributed by atoms with Crippen LogP contribution in [0.1, 0.15) is 24.5 Å². The molecule has 1 atom stereocenters. The molecule has 1 aromatic rings. The maximum Gasteiger partial charge on any atom is 0.558 e. The van der Waals surface area contributed by atoms with Gasteiger partial charge in [0.15, 0.2) is 0 Å². The molecule has 10 heteroatoms. The van der Waals surface area contributed by atoms with Gasteiger partial charge in [-0.15, -0.1) is 13.2 Å². The normalized spacial score (nSPS) is 17.4. The van der Waals surface area contributed by atoms with E-state index in [1.165, 1.54) is 31.2 Å². The highest BCUT2D eigenvalue weighted by molar-refractivity contribution is 6.00.